The van der Waals surface area contributed by atoms with Crippen molar-refractivity contribution in [2.75, 3.05) is 0 Å². The number of H-pyrrole nitrogens is 1. The molecule has 0 aliphatic heterocycles. The first kappa shape index (κ1) is 14.8. The lowest BCUT2D eigenvalue weighted by atomic mass is 10.1. The van der Waals surface area contributed by atoms with Crippen LogP contribution in [0.4, 0.5) is 13.2 Å². The van der Waals surface area contributed by atoms with E-state index in [-0.39, 0.29) is 17.7 Å². The van der Waals surface area contributed by atoms with Crippen LogP contribution in [-0.4, -0.2) is 21.3 Å². The summed E-state index contributed by atoms with van der Waals surface area (Å²) in [6.45, 7) is 0. The standard InChI is InChI=1S/C13H9F3N2O3/c14-13(15,16)10-6-9(17-18-11(10)19)5-7-2-1-3-8(4-7)12(20)21/h1-4,6H,5H2,(H,18,19)(H,20,21). The lowest BCUT2D eigenvalue weighted by Gasteiger charge is -2.07. The molecule has 0 saturated carbocycles. The van der Waals surface area contributed by atoms with Crippen molar-refractivity contribution in [3.63, 3.8) is 0 Å². The fourth-order valence-corrected chi connectivity index (χ4v) is 1.77. The van der Waals surface area contributed by atoms with Gasteiger partial charge in [0.25, 0.3) is 5.56 Å². The Bertz CT molecular complexity index is 738. The van der Waals surface area contributed by atoms with Crippen molar-refractivity contribution in [1.29, 1.82) is 0 Å². The molecule has 0 bridgehead atoms. The van der Waals surface area contributed by atoms with E-state index in [4.69, 9.17) is 5.11 Å². The minimum Gasteiger partial charge on any atom is -0.478 e. The Labute approximate surface area is 116 Å². The van der Waals surface area contributed by atoms with Gasteiger partial charge in [-0.15, -0.1) is 0 Å². The minimum absolute atomic E-state index is 0.00976. The van der Waals surface area contributed by atoms with E-state index >= 15 is 0 Å². The van der Waals surface area contributed by atoms with Gasteiger partial charge >= 0.3 is 12.1 Å². The Balaban J connectivity index is 2.34. The van der Waals surface area contributed by atoms with Crippen LogP contribution in [-0.2, 0) is 12.6 Å². The normalized spacial score (nSPS) is 11.4. The average Bonchev–Trinajstić information content (AvgIpc) is 2.40. The summed E-state index contributed by atoms with van der Waals surface area (Å²) in [7, 11) is 0. The maximum atomic E-state index is 12.6. The highest BCUT2D eigenvalue weighted by atomic mass is 19.4. The minimum atomic E-state index is -4.77. The Morgan fingerprint density at radius 3 is 2.62 bits per heavy atom. The lowest BCUT2D eigenvalue weighted by Crippen LogP contribution is -2.23. The van der Waals surface area contributed by atoms with Gasteiger partial charge in [0.05, 0.1) is 11.3 Å². The van der Waals surface area contributed by atoms with Crippen LogP contribution < -0.4 is 5.56 Å². The molecule has 0 saturated heterocycles. The highest BCUT2D eigenvalue weighted by Gasteiger charge is 2.34. The molecule has 2 aromatic rings. The van der Waals surface area contributed by atoms with E-state index in [0.29, 0.717) is 11.6 Å². The van der Waals surface area contributed by atoms with Crippen LogP contribution in [0.2, 0.25) is 0 Å². The van der Waals surface area contributed by atoms with Crippen LogP contribution in [0.5, 0.6) is 0 Å². The molecule has 2 N–H and O–H groups in total. The van der Waals surface area contributed by atoms with Gasteiger partial charge in [0, 0.05) is 6.42 Å². The van der Waals surface area contributed by atoms with E-state index < -0.39 is 23.3 Å². The molecule has 0 aliphatic carbocycles. The van der Waals surface area contributed by atoms with Gasteiger partial charge in [0.1, 0.15) is 5.56 Å². The molecule has 0 atom stereocenters. The molecule has 8 heteroatoms. The Morgan fingerprint density at radius 1 is 1.29 bits per heavy atom. The van der Waals surface area contributed by atoms with Crippen molar-refractivity contribution < 1.29 is 23.1 Å². The van der Waals surface area contributed by atoms with Gasteiger partial charge in [0.15, 0.2) is 0 Å². The molecule has 1 heterocycles. The number of aromatic nitrogens is 2. The van der Waals surface area contributed by atoms with E-state index in [0.717, 1.165) is 0 Å². The van der Waals surface area contributed by atoms with Gasteiger partial charge in [-0.2, -0.15) is 18.3 Å². The van der Waals surface area contributed by atoms with E-state index in [1.807, 2.05) is 0 Å². The second-order valence-corrected chi connectivity index (χ2v) is 4.28. The van der Waals surface area contributed by atoms with Gasteiger partial charge in [-0.3, -0.25) is 4.79 Å². The van der Waals surface area contributed by atoms with Crippen LogP contribution in [0.1, 0.15) is 27.2 Å². The Kier molecular flexibility index (Phi) is 3.79. The second kappa shape index (κ2) is 5.39. The van der Waals surface area contributed by atoms with Crippen molar-refractivity contribution >= 4 is 5.97 Å². The summed E-state index contributed by atoms with van der Waals surface area (Å²) in [6.07, 6.45) is -4.80. The first-order chi connectivity index (χ1) is 9.77. The van der Waals surface area contributed by atoms with E-state index in [1.54, 1.807) is 11.2 Å². The van der Waals surface area contributed by atoms with Crippen LogP contribution in [0.3, 0.4) is 0 Å². The van der Waals surface area contributed by atoms with Crippen molar-refractivity contribution in [3.8, 4) is 0 Å². The predicted molar refractivity (Wildman–Crippen MR) is 66.1 cm³/mol. The Morgan fingerprint density at radius 2 is 2.00 bits per heavy atom. The zero-order valence-corrected chi connectivity index (χ0v) is 10.4. The first-order valence-electron chi connectivity index (χ1n) is 5.75. The van der Waals surface area contributed by atoms with E-state index in [1.165, 1.54) is 18.2 Å². The number of hydrogen-bond acceptors (Lipinski definition) is 3. The third-order valence-electron chi connectivity index (χ3n) is 2.72. The topological polar surface area (TPSA) is 83.0 Å². The molecule has 2 rings (SSSR count). The van der Waals surface area contributed by atoms with E-state index in [2.05, 4.69) is 5.10 Å². The predicted octanol–water partition coefficient (Wildman–Crippen LogP) is 2.08. The number of halogens is 3. The molecule has 1 aromatic carbocycles. The Hall–Kier alpha value is -2.64. The van der Waals surface area contributed by atoms with Crippen LogP contribution >= 0.6 is 0 Å². The summed E-state index contributed by atoms with van der Waals surface area (Å²) in [5.41, 5.74) is -2.16. The summed E-state index contributed by atoms with van der Waals surface area (Å²) >= 11 is 0. The number of aromatic carboxylic acids is 1. The number of hydrogen-bond donors (Lipinski definition) is 2. The number of carbonyl (C=O) groups is 1. The zero-order valence-electron chi connectivity index (χ0n) is 10.4. The van der Waals surface area contributed by atoms with Crippen molar-refractivity contribution in [1.82, 2.24) is 10.2 Å². The molecule has 110 valence electrons. The monoisotopic (exact) mass is 298 g/mol. The van der Waals surface area contributed by atoms with Gasteiger partial charge in [-0.25, -0.2) is 9.89 Å². The molecule has 0 aliphatic rings. The highest BCUT2D eigenvalue weighted by Crippen LogP contribution is 2.26. The molecule has 0 spiro atoms. The zero-order chi connectivity index (χ0) is 15.6. The maximum Gasteiger partial charge on any atom is 0.421 e. The number of benzene rings is 1. The highest BCUT2D eigenvalue weighted by molar-refractivity contribution is 5.87. The molecular formula is C13H9F3N2O3. The molecule has 0 amide bonds. The molecule has 0 fully saturated rings. The molecular weight excluding hydrogens is 289 g/mol. The van der Waals surface area contributed by atoms with Crippen molar-refractivity contribution in [2.45, 2.75) is 12.6 Å². The smallest absolute Gasteiger partial charge is 0.421 e. The SMILES string of the molecule is O=C(O)c1cccc(Cc2cc(C(F)(F)F)c(=O)[nH]n2)c1. The summed E-state index contributed by atoms with van der Waals surface area (Å²) in [5.74, 6) is -1.14. The van der Waals surface area contributed by atoms with Crippen LogP contribution in [0, 0.1) is 0 Å². The summed E-state index contributed by atoms with van der Waals surface area (Å²) in [5, 5.41) is 14.2. The average molecular weight is 298 g/mol. The fourth-order valence-electron chi connectivity index (χ4n) is 1.77. The maximum absolute atomic E-state index is 12.6. The van der Waals surface area contributed by atoms with Gasteiger partial charge in [0.2, 0.25) is 0 Å². The van der Waals surface area contributed by atoms with Gasteiger partial charge < -0.3 is 5.11 Å². The van der Waals surface area contributed by atoms with Gasteiger partial charge in [-0.1, -0.05) is 12.1 Å². The largest absolute Gasteiger partial charge is 0.478 e. The van der Waals surface area contributed by atoms with Crippen LogP contribution in [0.15, 0.2) is 35.1 Å². The van der Waals surface area contributed by atoms with Crippen LogP contribution in [0.25, 0.3) is 0 Å². The number of alkyl halides is 3. The third kappa shape index (κ3) is 3.47. The number of aromatic amines is 1. The fraction of sp³-hybridized carbons (Fsp3) is 0.154. The number of carboxylic acids is 1. The number of rotatable bonds is 3. The summed E-state index contributed by atoms with van der Waals surface area (Å²) in [6, 6.07) is 6.41. The molecule has 5 nitrogen and oxygen atoms in total. The lowest BCUT2D eigenvalue weighted by molar-refractivity contribution is -0.138. The number of nitrogens with zero attached hydrogens (tertiary/aromatic N) is 1. The number of nitrogens with one attached hydrogen (secondary N) is 1. The van der Waals surface area contributed by atoms with Gasteiger partial charge in [-0.05, 0) is 23.8 Å². The van der Waals surface area contributed by atoms with Crippen molar-refractivity contribution in [3.05, 3.63) is 63.1 Å². The summed E-state index contributed by atoms with van der Waals surface area (Å²) in [4.78, 5) is 21.9. The molecule has 0 unspecified atom stereocenters. The first-order valence-corrected chi connectivity index (χ1v) is 5.75. The quantitative estimate of drug-likeness (QED) is 0.908. The second-order valence-electron chi connectivity index (χ2n) is 4.28. The molecule has 21 heavy (non-hydrogen) atoms. The molecule has 1 aromatic heterocycles. The molecule has 0 radical (unpaired) electrons. The third-order valence-corrected chi connectivity index (χ3v) is 2.72. The van der Waals surface area contributed by atoms with Crippen molar-refractivity contribution in [2.24, 2.45) is 0 Å². The summed E-state index contributed by atoms with van der Waals surface area (Å²) < 4.78 is 37.8. The number of carboxylic acid groups (broad SMARTS) is 1. The van der Waals surface area contributed by atoms with E-state index in [9.17, 15) is 22.8 Å².